The molecule has 5 unspecified atom stereocenters. The molecule has 8 N–H and O–H groups in total. The number of rotatable bonds is 15. The van der Waals surface area contributed by atoms with Gasteiger partial charge in [-0.25, -0.2) is 4.79 Å². The van der Waals surface area contributed by atoms with Crippen LogP contribution in [0.4, 0.5) is 0 Å². The van der Waals surface area contributed by atoms with E-state index in [4.69, 9.17) is 11.5 Å². The molecule has 0 fully saturated rings. The number of carboxylic acids is 1. The number of carboxylic acid groups (broad SMARTS) is 1. The van der Waals surface area contributed by atoms with Gasteiger partial charge in [0.1, 0.15) is 18.1 Å². The van der Waals surface area contributed by atoms with E-state index in [0.29, 0.717) is 12.2 Å². The molecule has 0 aromatic rings. The van der Waals surface area contributed by atoms with Gasteiger partial charge in [0.05, 0.1) is 12.5 Å². The monoisotopic (exact) mass is 479 g/mol. The summed E-state index contributed by atoms with van der Waals surface area (Å²) in [6, 6.07) is -4.55. The molecular weight excluding hydrogens is 446 g/mol. The highest BCUT2D eigenvalue weighted by atomic mass is 32.2. The minimum atomic E-state index is -1.40. The van der Waals surface area contributed by atoms with E-state index in [1.54, 1.807) is 13.2 Å². The topological polar surface area (TPSA) is 194 Å². The van der Waals surface area contributed by atoms with E-state index in [9.17, 15) is 29.1 Å². The second-order valence-corrected chi connectivity index (χ2v) is 8.42. The second-order valence-electron chi connectivity index (χ2n) is 7.07. The number of carbonyl (C=O) groups is 5. The Morgan fingerprint density at radius 3 is 2.06 bits per heavy atom. The highest BCUT2D eigenvalue weighted by Gasteiger charge is 2.32. The fraction of sp³-hybridized carbons (Fsp3) is 0.722. The molecule has 0 saturated heterocycles. The van der Waals surface area contributed by atoms with E-state index in [0.717, 1.165) is 0 Å². The van der Waals surface area contributed by atoms with Gasteiger partial charge < -0.3 is 32.5 Å². The third-order valence-corrected chi connectivity index (χ3v) is 5.63. The molecule has 178 valence electrons. The summed E-state index contributed by atoms with van der Waals surface area (Å²) in [4.78, 5) is 60.4. The fourth-order valence-corrected chi connectivity index (χ4v) is 3.12. The first-order valence-corrected chi connectivity index (χ1v) is 11.8. The SMILES string of the molecule is CCC(C)C(NC(=O)C(N)CS)C(=O)NC(CC(N)=O)C(=O)NC(CCSC)C(=O)O. The van der Waals surface area contributed by atoms with Gasteiger partial charge in [-0.15, -0.1) is 0 Å². The van der Waals surface area contributed by atoms with Crippen molar-refractivity contribution >= 4 is 54.0 Å². The van der Waals surface area contributed by atoms with Crippen molar-refractivity contribution in [3.63, 3.8) is 0 Å². The molecule has 0 heterocycles. The van der Waals surface area contributed by atoms with Gasteiger partial charge in [0.25, 0.3) is 0 Å². The van der Waals surface area contributed by atoms with Crippen LogP contribution >= 0.6 is 24.4 Å². The molecule has 5 atom stereocenters. The molecule has 0 rings (SSSR count). The summed E-state index contributed by atoms with van der Waals surface area (Å²) in [5.41, 5.74) is 10.8. The average molecular weight is 480 g/mol. The van der Waals surface area contributed by atoms with Crippen molar-refractivity contribution in [3.8, 4) is 0 Å². The smallest absolute Gasteiger partial charge is 0.326 e. The van der Waals surface area contributed by atoms with E-state index >= 15 is 0 Å². The number of nitrogens with one attached hydrogen (secondary N) is 3. The number of hydrogen-bond acceptors (Lipinski definition) is 8. The molecule has 0 aliphatic rings. The number of amides is 4. The van der Waals surface area contributed by atoms with E-state index < -0.39 is 60.2 Å². The van der Waals surface area contributed by atoms with Crippen LogP contribution in [0.3, 0.4) is 0 Å². The van der Waals surface area contributed by atoms with Crippen molar-refractivity contribution in [2.24, 2.45) is 17.4 Å². The van der Waals surface area contributed by atoms with Crippen LogP contribution in [0.2, 0.25) is 0 Å². The van der Waals surface area contributed by atoms with Crippen LogP contribution in [0, 0.1) is 5.92 Å². The van der Waals surface area contributed by atoms with Gasteiger partial charge in [0.15, 0.2) is 0 Å². The predicted molar refractivity (Wildman–Crippen MR) is 122 cm³/mol. The van der Waals surface area contributed by atoms with E-state index in [2.05, 4.69) is 28.6 Å². The summed E-state index contributed by atoms with van der Waals surface area (Å²) in [5, 5.41) is 16.5. The normalized spacial score (nSPS) is 15.6. The highest BCUT2D eigenvalue weighted by Crippen LogP contribution is 2.10. The van der Waals surface area contributed by atoms with Gasteiger partial charge >= 0.3 is 5.97 Å². The summed E-state index contributed by atoms with van der Waals surface area (Å²) < 4.78 is 0. The molecule has 13 heteroatoms. The zero-order chi connectivity index (χ0) is 24.1. The lowest BCUT2D eigenvalue weighted by Crippen LogP contribution is -2.59. The van der Waals surface area contributed by atoms with Gasteiger partial charge in [-0.2, -0.15) is 24.4 Å². The molecule has 0 saturated carbocycles. The van der Waals surface area contributed by atoms with Crippen molar-refractivity contribution in [1.29, 1.82) is 0 Å². The standard InChI is InChI=1S/C18H33N5O6S2/c1-4-9(2)14(23-15(25)10(19)8-30)17(27)22-12(7-13(20)24)16(26)21-11(18(28)29)5-6-31-3/h9-12,14,30H,4-8,19H2,1-3H3,(H2,20,24)(H,21,26)(H,22,27)(H,23,25)(H,28,29). The zero-order valence-corrected chi connectivity index (χ0v) is 19.6. The third kappa shape index (κ3) is 10.7. The van der Waals surface area contributed by atoms with Crippen LogP contribution in [0.15, 0.2) is 0 Å². The summed E-state index contributed by atoms with van der Waals surface area (Å²) >= 11 is 5.37. The first kappa shape index (κ1) is 29.0. The molecule has 0 aromatic heterocycles. The van der Waals surface area contributed by atoms with Crippen molar-refractivity contribution in [3.05, 3.63) is 0 Å². The number of carbonyl (C=O) groups excluding carboxylic acids is 4. The van der Waals surface area contributed by atoms with E-state index in [-0.39, 0.29) is 18.1 Å². The third-order valence-electron chi connectivity index (χ3n) is 4.59. The molecule has 4 amide bonds. The minimum Gasteiger partial charge on any atom is -0.480 e. The molecule has 0 aliphatic carbocycles. The summed E-state index contributed by atoms with van der Waals surface area (Å²) in [5.74, 6) is -4.03. The van der Waals surface area contributed by atoms with Crippen molar-refractivity contribution < 1.29 is 29.1 Å². The Morgan fingerprint density at radius 2 is 1.61 bits per heavy atom. The van der Waals surface area contributed by atoms with Gasteiger partial charge in [-0.3, -0.25) is 19.2 Å². The second kappa shape index (κ2) is 14.9. The number of thiol groups is 1. The van der Waals surface area contributed by atoms with E-state index in [1.165, 1.54) is 11.8 Å². The average Bonchev–Trinajstić information content (AvgIpc) is 2.71. The lowest BCUT2D eigenvalue weighted by Gasteiger charge is -2.27. The first-order valence-electron chi connectivity index (χ1n) is 9.75. The van der Waals surface area contributed by atoms with Crippen LogP contribution in [0.1, 0.15) is 33.1 Å². The maximum absolute atomic E-state index is 12.8. The molecule has 0 bridgehead atoms. The van der Waals surface area contributed by atoms with Gasteiger partial charge in [0, 0.05) is 5.75 Å². The maximum atomic E-state index is 12.8. The molecule has 0 aliphatic heterocycles. The van der Waals surface area contributed by atoms with Gasteiger partial charge in [-0.1, -0.05) is 20.3 Å². The quantitative estimate of drug-likeness (QED) is 0.137. The molecule has 11 nitrogen and oxygen atoms in total. The Hall–Kier alpha value is -1.99. The molecular formula is C18H33N5O6S2. The van der Waals surface area contributed by atoms with Crippen LogP contribution in [0.5, 0.6) is 0 Å². The number of nitrogens with two attached hydrogens (primary N) is 2. The lowest BCUT2D eigenvalue weighted by atomic mass is 9.97. The zero-order valence-electron chi connectivity index (χ0n) is 17.9. The van der Waals surface area contributed by atoms with Crippen LogP contribution in [-0.2, 0) is 24.0 Å². The molecule has 0 aromatic carbocycles. The Kier molecular flexibility index (Phi) is 14.0. The van der Waals surface area contributed by atoms with Crippen molar-refractivity contribution in [2.75, 3.05) is 17.8 Å². The first-order chi connectivity index (χ1) is 14.5. The Morgan fingerprint density at radius 1 is 1.03 bits per heavy atom. The molecule has 0 radical (unpaired) electrons. The van der Waals surface area contributed by atoms with E-state index in [1.807, 2.05) is 6.92 Å². The van der Waals surface area contributed by atoms with Crippen LogP contribution in [0.25, 0.3) is 0 Å². The number of primary amides is 1. The van der Waals surface area contributed by atoms with Crippen LogP contribution < -0.4 is 27.4 Å². The van der Waals surface area contributed by atoms with Crippen LogP contribution in [-0.4, -0.2) is 76.6 Å². The minimum absolute atomic E-state index is 0.0695. The predicted octanol–water partition coefficient (Wildman–Crippen LogP) is -1.54. The lowest BCUT2D eigenvalue weighted by molar-refractivity contribution is -0.142. The van der Waals surface area contributed by atoms with Gasteiger partial charge in [-0.05, 0) is 24.3 Å². The molecule has 0 spiro atoms. The van der Waals surface area contributed by atoms with Crippen molar-refractivity contribution in [1.82, 2.24) is 16.0 Å². The Bertz CT molecular complexity index is 651. The number of aliphatic carboxylic acids is 1. The van der Waals surface area contributed by atoms with Gasteiger partial charge in [0.2, 0.25) is 23.6 Å². The Balaban J connectivity index is 5.49. The number of hydrogen-bond donors (Lipinski definition) is 7. The number of thioether (sulfide) groups is 1. The van der Waals surface area contributed by atoms with Crippen molar-refractivity contribution in [2.45, 2.75) is 57.3 Å². The highest BCUT2D eigenvalue weighted by molar-refractivity contribution is 7.98. The summed E-state index contributed by atoms with van der Waals surface area (Å²) in [7, 11) is 0. The molecule has 31 heavy (non-hydrogen) atoms. The summed E-state index contributed by atoms with van der Waals surface area (Å²) in [6.45, 7) is 3.54. The summed E-state index contributed by atoms with van der Waals surface area (Å²) in [6.07, 6.45) is 1.94. The maximum Gasteiger partial charge on any atom is 0.326 e. The Labute approximate surface area is 191 Å². The fourth-order valence-electron chi connectivity index (χ4n) is 2.48. The largest absolute Gasteiger partial charge is 0.480 e.